The summed E-state index contributed by atoms with van der Waals surface area (Å²) in [7, 11) is -2.20. The van der Waals surface area contributed by atoms with E-state index in [4.69, 9.17) is 18.6 Å². The average molecular weight is 905 g/mol. The zero-order valence-electron chi connectivity index (χ0n) is 39.3. The van der Waals surface area contributed by atoms with Crippen LogP contribution in [0.4, 0.5) is 15.3 Å². The van der Waals surface area contributed by atoms with Gasteiger partial charge in [0, 0.05) is 36.1 Å². The van der Waals surface area contributed by atoms with Gasteiger partial charge < -0.3 is 39.4 Å². The van der Waals surface area contributed by atoms with Crippen molar-refractivity contribution < 1.29 is 33.3 Å². The molecule has 1 saturated carbocycles. The van der Waals surface area contributed by atoms with Gasteiger partial charge in [-0.05, 0) is 143 Å². The predicted octanol–water partition coefficient (Wildman–Crippen LogP) is 11.5. The van der Waals surface area contributed by atoms with Crippen molar-refractivity contribution >= 4 is 37.1 Å². The van der Waals surface area contributed by atoms with Crippen molar-refractivity contribution in [1.82, 2.24) is 15.6 Å². The molecular formula is C52H68N4O8Si. The van der Waals surface area contributed by atoms with E-state index in [2.05, 4.69) is 79.1 Å². The van der Waals surface area contributed by atoms with E-state index in [1.807, 2.05) is 75.4 Å². The van der Waals surface area contributed by atoms with Crippen LogP contribution in [0.15, 0.2) is 102 Å². The molecular weight excluding hydrogens is 837 g/mol. The highest BCUT2D eigenvalue weighted by Crippen LogP contribution is 2.41. The Kier molecular flexibility index (Phi) is 16.2. The van der Waals surface area contributed by atoms with Crippen LogP contribution in [0.2, 0.25) is 18.1 Å². The molecule has 1 aliphatic rings. The fourth-order valence-electron chi connectivity index (χ4n) is 7.76. The third kappa shape index (κ3) is 14.2. The first-order valence-electron chi connectivity index (χ1n) is 22.9. The van der Waals surface area contributed by atoms with Crippen LogP contribution in [0.1, 0.15) is 103 Å². The number of hydrogen-bond donors (Lipinski definition) is 5. The fraction of sp³-hybridized carbons (Fsp3) is 0.442. The Bertz CT molecular complexity index is 2420. The Morgan fingerprint density at radius 2 is 1.54 bits per heavy atom. The summed E-state index contributed by atoms with van der Waals surface area (Å²) in [4.78, 5) is 40.2. The highest BCUT2D eigenvalue weighted by molar-refractivity contribution is 6.74. The number of alkyl carbamates (subject to hydrolysis) is 1. The summed E-state index contributed by atoms with van der Waals surface area (Å²) in [5.41, 5.74) is 5.42. The minimum Gasteiger partial charge on any atom is -0.506 e. The van der Waals surface area contributed by atoms with Gasteiger partial charge in [-0.1, -0.05) is 75.4 Å². The molecule has 1 aliphatic carbocycles. The molecule has 2 amide bonds. The van der Waals surface area contributed by atoms with Gasteiger partial charge in [0.25, 0.3) is 0 Å². The number of carbonyl (C=O) groups excluding carboxylic acids is 2. The number of fused-ring (bicyclic) bond motifs is 1. The number of anilines is 1. The van der Waals surface area contributed by atoms with Crippen LogP contribution in [0.3, 0.4) is 0 Å². The van der Waals surface area contributed by atoms with E-state index in [1.165, 1.54) is 11.6 Å². The molecule has 5 aromatic rings. The van der Waals surface area contributed by atoms with E-state index >= 15 is 0 Å². The number of aromatic amines is 1. The van der Waals surface area contributed by atoms with Gasteiger partial charge in [-0.2, -0.15) is 0 Å². The molecule has 5 N–H and O–H groups in total. The van der Waals surface area contributed by atoms with Crippen LogP contribution in [-0.4, -0.2) is 61.5 Å². The lowest BCUT2D eigenvalue weighted by Crippen LogP contribution is -2.43. The zero-order chi connectivity index (χ0) is 46.8. The molecule has 348 valence electrons. The number of hydrogen-bond acceptors (Lipinski definition) is 9. The molecule has 0 aliphatic heterocycles. The van der Waals surface area contributed by atoms with Crippen molar-refractivity contribution in [3.8, 4) is 22.6 Å². The topological polar surface area (TPSA) is 160 Å². The molecule has 12 nitrogen and oxygen atoms in total. The second kappa shape index (κ2) is 21.6. The van der Waals surface area contributed by atoms with Crippen molar-refractivity contribution in [3.05, 3.63) is 124 Å². The molecule has 0 spiro atoms. The Hall–Kier alpha value is -5.63. The number of phenols is 1. The highest BCUT2D eigenvalue weighted by atomic mass is 28.4. The molecule has 0 unspecified atom stereocenters. The first kappa shape index (κ1) is 48.8. The van der Waals surface area contributed by atoms with Gasteiger partial charge in [0.05, 0.1) is 23.9 Å². The summed E-state index contributed by atoms with van der Waals surface area (Å²) in [5.74, 6) is 0.848. The number of benzene rings is 4. The number of carbonyl (C=O) groups is 2. The van der Waals surface area contributed by atoms with Crippen LogP contribution in [0.25, 0.3) is 22.0 Å². The number of aryl methyl sites for hydroxylation is 1. The first-order chi connectivity index (χ1) is 30.8. The number of aromatic hydroxyl groups is 1. The SMILES string of the molecule is CC(C)(C)OC(=O)N[C@H]1CC[C@H](OC(=O)Nc2ccc(CCCCOc3ccc(CNC[C@H](O[Si](C)(C)C(C)(C)C)c4ccc(O)c5[nH]c(=O)ccc45)cc3)cc2-c2ccccc2)CC1. The molecule has 1 fully saturated rings. The van der Waals surface area contributed by atoms with E-state index in [1.54, 1.807) is 12.1 Å². The van der Waals surface area contributed by atoms with Crippen molar-refractivity contribution in [3.63, 3.8) is 0 Å². The van der Waals surface area contributed by atoms with E-state index in [0.29, 0.717) is 56.6 Å². The summed E-state index contributed by atoms with van der Waals surface area (Å²) >= 11 is 0. The van der Waals surface area contributed by atoms with Crippen LogP contribution in [-0.2, 0) is 26.9 Å². The van der Waals surface area contributed by atoms with Gasteiger partial charge in [0.1, 0.15) is 23.2 Å². The average Bonchev–Trinajstić information content (AvgIpc) is 3.24. The quantitative estimate of drug-likeness (QED) is 0.0452. The Morgan fingerprint density at radius 3 is 2.23 bits per heavy atom. The summed E-state index contributed by atoms with van der Waals surface area (Å²) in [5, 5.41) is 20.8. The number of unbranched alkanes of at least 4 members (excludes halogenated alkanes) is 1. The maximum atomic E-state index is 13.1. The molecule has 1 aromatic heterocycles. The smallest absolute Gasteiger partial charge is 0.411 e. The lowest BCUT2D eigenvalue weighted by atomic mass is 9.93. The Morgan fingerprint density at radius 1 is 0.831 bits per heavy atom. The summed E-state index contributed by atoms with van der Waals surface area (Å²) < 4.78 is 24.3. The van der Waals surface area contributed by atoms with Crippen molar-refractivity contribution in [1.29, 1.82) is 0 Å². The first-order valence-corrected chi connectivity index (χ1v) is 25.8. The fourth-order valence-corrected chi connectivity index (χ4v) is 9.04. The van der Waals surface area contributed by atoms with Gasteiger partial charge >= 0.3 is 12.2 Å². The monoisotopic (exact) mass is 904 g/mol. The molecule has 65 heavy (non-hydrogen) atoms. The second-order valence-corrected chi connectivity index (χ2v) is 24.4. The third-order valence-corrected chi connectivity index (χ3v) is 16.8. The number of phenolic OH excluding ortho intramolecular Hbond substituents is 1. The highest BCUT2D eigenvalue weighted by Gasteiger charge is 2.40. The lowest BCUT2D eigenvalue weighted by Gasteiger charge is -2.39. The minimum atomic E-state index is -2.20. The minimum absolute atomic E-state index is 0.00532. The summed E-state index contributed by atoms with van der Waals surface area (Å²) in [6.45, 7) is 18.4. The number of aromatic nitrogens is 1. The molecule has 0 bridgehead atoms. The summed E-state index contributed by atoms with van der Waals surface area (Å²) in [6.07, 6.45) is 3.98. The number of rotatable bonds is 17. The molecule has 0 saturated heterocycles. The van der Waals surface area contributed by atoms with Crippen LogP contribution >= 0.6 is 0 Å². The van der Waals surface area contributed by atoms with E-state index in [-0.39, 0.29) is 34.6 Å². The van der Waals surface area contributed by atoms with Gasteiger partial charge in [-0.3, -0.25) is 10.1 Å². The predicted molar refractivity (Wildman–Crippen MR) is 261 cm³/mol. The zero-order valence-corrected chi connectivity index (χ0v) is 40.3. The second-order valence-electron chi connectivity index (χ2n) is 19.6. The largest absolute Gasteiger partial charge is 0.506 e. The van der Waals surface area contributed by atoms with Crippen molar-refractivity contribution in [2.45, 2.75) is 135 Å². The standard InChI is InChI=1S/C52H68N4O8Si/c1-51(2,3)63-50(60)54-38-20-24-40(25-21-38)62-49(59)55-44-28-19-35(32-43(44)37-15-10-9-11-16-37)14-12-13-31-61-39-22-17-36(18-23-39)33-53-34-46(64-65(7,8)52(4,5)6)41-26-29-45(57)48-42(41)27-30-47(58)56-48/h9-11,15-19,22-23,26-30,32,38,40,46,53,57H,12-14,20-21,24-25,31,33-34H2,1-8H3,(H,54,60)(H,55,59)(H,56,58)/t38-,40-,46-/m0/s1. The molecule has 1 heterocycles. The molecule has 1 atom stereocenters. The number of amides is 2. The van der Waals surface area contributed by atoms with Crippen LogP contribution < -0.4 is 26.2 Å². The maximum absolute atomic E-state index is 13.1. The summed E-state index contributed by atoms with van der Waals surface area (Å²) in [6, 6.07) is 31.1. The number of H-pyrrole nitrogens is 1. The lowest BCUT2D eigenvalue weighted by molar-refractivity contribution is 0.0440. The van der Waals surface area contributed by atoms with Gasteiger partial charge in [0.2, 0.25) is 5.56 Å². The molecule has 0 radical (unpaired) electrons. The molecule has 13 heteroatoms. The van der Waals surface area contributed by atoms with Crippen molar-refractivity contribution in [2.75, 3.05) is 18.5 Å². The van der Waals surface area contributed by atoms with Gasteiger partial charge in [-0.25, -0.2) is 9.59 Å². The molecule has 6 rings (SSSR count). The Balaban J connectivity index is 0.970. The molecule has 4 aromatic carbocycles. The van der Waals surface area contributed by atoms with E-state index in [0.717, 1.165) is 52.7 Å². The van der Waals surface area contributed by atoms with Crippen LogP contribution in [0.5, 0.6) is 11.5 Å². The van der Waals surface area contributed by atoms with E-state index < -0.39 is 26.1 Å². The van der Waals surface area contributed by atoms with Gasteiger partial charge in [-0.15, -0.1) is 0 Å². The van der Waals surface area contributed by atoms with E-state index in [9.17, 15) is 19.5 Å². The van der Waals surface area contributed by atoms with Gasteiger partial charge in [0.15, 0.2) is 8.32 Å². The van der Waals surface area contributed by atoms with Crippen molar-refractivity contribution in [2.24, 2.45) is 0 Å². The third-order valence-electron chi connectivity index (χ3n) is 12.3. The maximum Gasteiger partial charge on any atom is 0.411 e. The Labute approximate surface area is 385 Å². The van der Waals surface area contributed by atoms with Crippen LogP contribution in [0, 0.1) is 0 Å². The normalized spacial score (nSPS) is 16.1. The number of ether oxygens (including phenoxy) is 3. The number of pyridine rings is 1. The number of nitrogens with one attached hydrogen (secondary N) is 4.